The highest BCUT2D eigenvalue weighted by Gasteiger charge is 2.30. The van der Waals surface area contributed by atoms with E-state index in [4.69, 9.17) is 5.73 Å². The lowest BCUT2D eigenvalue weighted by Crippen LogP contribution is -2.32. The van der Waals surface area contributed by atoms with Crippen LogP contribution in [-0.2, 0) is 4.79 Å². The maximum atomic E-state index is 12.3. The zero-order chi connectivity index (χ0) is 13.3. The lowest BCUT2D eigenvalue weighted by atomic mass is 10.1. The highest BCUT2D eigenvalue weighted by Crippen LogP contribution is 2.24. The maximum absolute atomic E-state index is 12.3. The van der Waals surface area contributed by atoms with Crippen molar-refractivity contribution in [1.29, 1.82) is 0 Å². The molecular formula is C12H12BrIN2O2. The second-order valence-corrected chi connectivity index (χ2v) is 6.36. The molecule has 0 aliphatic carbocycles. The Morgan fingerprint density at radius 1 is 1.44 bits per heavy atom. The largest absolute Gasteiger partial charge is 0.369 e. The fourth-order valence-corrected chi connectivity index (χ4v) is 2.92. The first-order valence-corrected chi connectivity index (χ1v) is 7.40. The molecule has 1 aliphatic rings. The summed E-state index contributed by atoms with van der Waals surface area (Å²) in [5, 5.41) is 0. The number of primary amides is 1. The van der Waals surface area contributed by atoms with Crippen LogP contribution in [0.4, 0.5) is 0 Å². The molecule has 1 aliphatic heterocycles. The van der Waals surface area contributed by atoms with Crippen LogP contribution >= 0.6 is 38.5 Å². The van der Waals surface area contributed by atoms with Gasteiger partial charge in [-0.25, -0.2) is 0 Å². The zero-order valence-corrected chi connectivity index (χ0v) is 13.3. The molecule has 6 heteroatoms. The molecule has 1 heterocycles. The Kier molecular flexibility index (Phi) is 4.26. The van der Waals surface area contributed by atoms with Gasteiger partial charge in [0, 0.05) is 21.1 Å². The zero-order valence-electron chi connectivity index (χ0n) is 9.53. The summed E-state index contributed by atoms with van der Waals surface area (Å²) in [6.45, 7) is 1.01. The highest BCUT2D eigenvalue weighted by molar-refractivity contribution is 14.1. The third-order valence-electron chi connectivity index (χ3n) is 3.04. The molecule has 4 nitrogen and oxygen atoms in total. The van der Waals surface area contributed by atoms with E-state index in [2.05, 4.69) is 38.5 Å². The van der Waals surface area contributed by atoms with Gasteiger partial charge in [0.1, 0.15) is 0 Å². The molecule has 0 saturated carbocycles. The number of likely N-dealkylation sites (tertiary alicyclic amines) is 1. The van der Waals surface area contributed by atoms with E-state index in [0.717, 1.165) is 8.04 Å². The summed E-state index contributed by atoms with van der Waals surface area (Å²) >= 11 is 5.55. The van der Waals surface area contributed by atoms with Crippen molar-refractivity contribution in [3.05, 3.63) is 31.8 Å². The highest BCUT2D eigenvalue weighted by atomic mass is 127. The average molecular weight is 423 g/mol. The van der Waals surface area contributed by atoms with Gasteiger partial charge in [0.05, 0.1) is 11.5 Å². The minimum atomic E-state index is -0.327. The van der Waals surface area contributed by atoms with Crippen LogP contribution in [0.15, 0.2) is 22.7 Å². The second-order valence-electron chi connectivity index (χ2n) is 4.26. The topological polar surface area (TPSA) is 63.4 Å². The van der Waals surface area contributed by atoms with E-state index in [-0.39, 0.29) is 17.7 Å². The molecule has 1 atom stereocenters. The van der Waals surface area contributed by atoms with E-state index in [1.807, 2.05) is 18.2 Å². The molecular weight excluding hydrogens is 411 g/mol. The molecule has 1 aromatic rings. The van der Waals surface area contributed by atoms with E-state index < -0.39 is 0 Å². The first-order chi connectivity index (χ1) is 8.49. The van der Waals surface area contributed by atoms with E-state index in [0.29, 0.717) is 25.1 Å². The Bertz CT molecular complexity index is 507. The number of rotatable bonds is 2. The van der Waals surface area contributed by atoms with E-state index in [9.17, 15) is 9.59 Å². The Hall–Kier alpha value is -0.630. The normalized spacial score (nSPS) is 19.0. The molecule has 1 aromatic carbocycles. The van der Waals surface area contributed by atoms with Crippen molar-refractivity contribution in [2.45, 2.75) is 6.42 Å². The third-order valence-corrected chi connectivity index (χ3v) is 4.40. The van der Waals surface area contributed by atoms with Crippen LogP contribution in [0, 0.1) is 9.49 Å². The van der Waals surface area contributed by atoms with Crippen LogP contribution in [0.5, 0.6) is 0 Å². The van der Waals surface area contributed by atoms with Crippen LogP contribution in [0.1, 0.15) is 16.8 Å². The molecule has 0 bridgehead atoms. The Morgan fingerprint density at radius 2 is 2.17 bits per heavy atom. The van der Waals surface area contributed by atoms with E-state index in [1.54, 1.807) is 4.90 Å². The van der Waals surface area contributed by atoms with Crippen molar-refractivity contribution in [3.63, 3.8) is 0 Å². The summed E-state index contributed by atoms with van der Waals surface area (Å²) in [6, 6.07) is 5.62. The van der Waals surface area contributed by atoms with E-state index >= 15 is 0 Å². The van der Waals surface area contributed by atoms with Crippen LogP contribution < -0.4 is 5.73 Å². The average Bonchev–Trinajstić information content (AvgIpc) is 2.81. The standard InChI is InChI=1S/C12H12BrIN2O2/c13-10-2-1-8(14)5-9(10)12(18)16-4-3-7(6-16)11(15)17/h1-2,5,7H,3-4,6H2,(H2,15,17). The van der Waals surface area contributed by atoms with Gasteiger partial charge in [-0.15, -0.1) is 0 Å². The Balaban J connectivity index is 2.17. The summed E-state index contributed by atoms with van der Waals surface area (Å²) in [5.74, 6) is -0.591. The first-order valence-electron chi connectivity index (χ1n) is 5.52. The number of amides is 2. The van der Waals surface area contributed by atoms with Gasteiger partial charge < -0.3 is 10.6 Å². The fourth-order valence-electron chi connectivity index (χ4n) is 2.01. The van der Waals surface area contributed by atoms with Crippen molar-refractivity contribution in [2.75, 3.05) is 13.1 Å². The van der Waals surface area contributed by atoms with Crippen LogP contribution in [0.2, 0.25) is 0 Å². The van der Waals surface area contributed by atoms with Crippen molar-refractivity contribution in [3.8, 4) is 0 Å². The third kappa shape index (κ3) is 2.85. The fraction of sp³-hybridized carbons (Fsp3) is 0.333. The van der Waals surface area contributed by atoms with Gasteiger partial charge in [-0.05, 0) is 63.1 Å². The SMILES string of the molecule is NC(=O)C1CCN(C(=O)c2cc(I)ccc2Br)C1. The van der Waals surface area contributed by atoms with Crippen molar-refractivity contribution in [1.82, 2.24) is 4.90 Å². The number of carbonyl (C=O) groups is 2. The Labute approximate surface area is 127 Å². The van der Waals surface area contributed by atoms with Crippen molar-refractivity contribution in [2.24, 2.45) is 11.7 Å². The molecule has 0 radical (unpaired) electrons. The molecule has 0 spiro atoms. The van der Waals surface area contributed by atoms with Gasteiger partial charge in [-0.1, -0.05) is 0 Å². The molecule has 0 aromatic heterocycles. The molecule has 2 N–H and O–H groups in total. The lowest BCUT2D eigenvalue weighted by Gasteiger charge is -2.17. The summed E-state index contributed by atoms with van der Waals surface area (Å²) in [5.41, 5.74) is 5.90. The van der Waals surface area contributed by atoms with E-state index in [1.165, 1.54) is 0 Å². The monoisotopic (exact) mass is 422 g/mol. The summed E-state index contributed by atoms with van der Waals surface area (Å²) in [7, 11) is 0. The number of benzene rings is 1. The lowest BCUT2D eigenvalue weighted by molar-refractivity contribution is -0.121. The predicted octanol–water partition coefficient (Wildman–Crippen LogP) is 2.00. The Morgan fingerprint density at radius 3 is 2.78 bits per heavy atom. The molecule has 1 unspecified atom stereocenters. The summed E-state index contributed by atoms with van der Waals surface area (Å²) in [6.07, 6.45) is 0.655. The minimum Gasteiger partial charge on any atom is -0.369 e. The predicted molar refractivity (Wildman–Crippen MR) is 80.1 cm³/mol. The van der Waals surface area contributed by atoms with Crippen LogP contribution in [-0.4, -0.2) is 29.8 Å². The van der Waals surface area contributed by atoms with Gasteiger partial charge in [-0.2, -0.15) is 0 Å². The van der Waals surface area contributed by atoms with Crippen molar-refractivity contribution >= 4 is 50.3 Å². The van der Waals surface area contributed by atoms with Gasteiger partial charge in [0.15, 0.2) is 0 Å². The maximum Gasteiger partial charge on any atom is 0.255 e. The molecule has 1 saturated heterocycles. The number of nitrogens with two attached hydrogens (primary N) is 1. The second kappa shape index (κ2) is 5.56. The number of hydrogen-bond donors (Lipinski definition) is 1. The van der Waals surface area contributed by atoms with Gasteiger partial charge in [0.25, 0.3) is 5.91 Å². The molecule has 1 fully saturated rings. The molecule has 2 amide bonds. The number of carbonyl (C=O) groups excluding carboxylic acids is 2. The van der Waals surface area contributed by atoms with Gasteiger partial charge >= 0.3 is 0 Å². The summed E-state index contributed by atoms with van der Waals surface area (Å²) in [4.78, 5) is 25.1. The number of hydrogen-bond acceptors (Lipinski definition) is 2. The minimum absolute atomic E-state index is 0.0517. The first kappa shape index (κ1) is 13.8. The molecule has 2 rings (SSSR count). The van der Waals surface area contributed by atoms with Crippen LogP contribution in [0.3, 0.4) is 0 Å². The smallest absolute Gasteiger partial charge is 0.255 e. The molecule has 18 heavy (non-hydrogen) atoms. The van der Waals surface area contributed by atoms with Crippen LogP contribution in [0.25, 0.3) is 0 Å². The number of nitrogens with zero attached hydrogens (tertiary/aromatic N) is 1. The molecule has 96 valence electrons. The van der Waals surface area contributed by atoms with Gasteiger partial charge in [0.2, 0.25) is 5.91 Å². The quantitative estimate of drug-likeness (QED) is 0.741. The van der Waals surface area contributed by atoms with Gasteiger partial charge in [-0.3, -0.25) is 9.59 Å². The summed E-state index contributed by atoms with van der Waals surface area (Å²) < 4.78 is 1.78. The number of halogens is 2. The van der Waals surface area contributed by atoms with Crippen molar-refractivity contribution < 1.29 is 9.59 Å².